The van der Waals surface area contributed by atoms with E-state index in [0.29, 0.717) is 12.2 Å². The van der Waals surface area contributed by atoms with Crippen LogP contribution in [0.1, 0.15) is 31.0 Å². The Hall–Kier alpha value is -1.92. The van der Waals surface area contributed by atoms with E-state index in [4.69, 9.17) is 4.74 Å². The fourth-order valence-corrected chi connectivity index (χ4v) is 3.59. The standard InChI is InChI=1S/C17H20FNO3S/c1-3-22-17-10-6-15(7-11-17)13(2)19-23(20,21)12-14-4-8-16(18)9-5-14/h4-11,13,19H,3,12H2,1-2H3. The van der Waals surface area contributed by atoms with E-state index in [-0.39, 0.29) is 17.6 Å². The van der Waals surface area contributed by atoms with Crippen molar-refractivity contribution in [3.05, 3.63) is 65.5 Å². The van der Waals surface area contributed by atoms with Crippen LogP contribution in [0.3, 0.4) is 0 Å². The van der Waals surface area contributed by atoms with Crippen molar-refractivity contribution in [3.8, 4) is 5.75 Å². The number of sulfonamides is 1. The molecule has 1 atom stereocenters. The van der Waals surface area contributed by atoms with E-state index in [1.165, 1.54) is 24.3 Å². The second-order valence-electron chi connectivity index (χ2n) is 5.23. The fourth-order valence-electron chi connectivity index (χ4n) is 2.20. The predicted octanol–water partition coefficient (Wildman–Crippen LogP) is 3.41. The lowest BCUT2D eigenvalue weighted by atomic mass is 10.1. The molecule has 1 N–H and O–H groups in total. The van der Waals surface area contributed by atoms with Gasteiger partial charge in [-0.2, -0.15) is 0 Å². The van der Waals surface area contributed by atoms with Gasteiger partial charge in [0.1, 0.15) is 11.6 Å². The first kappa shape index (κ1) is 17.4. The van der Waals surface area contributed by atoms with Crippen molar-refractivity contribution in [2.24, 2.45) is 0 Å². The Kier molecular flexibility index (Phi) is 5.74. The second-order valence-corrected chi connectivity index (χ2v) is 6.98. The molecule has 0 aromatic heterocycles. The average Bonchev–Trinajstić information content (AvgIpc) is 2.50. The Labute approximate surface area is 136 Å². The maximum absolute atomic E-state index is 12.9. The molecule has 0 bridgehead atoms. The number of ether oxygens (including phenoxy) is 1. The van der Waals surface area contributed by atoms with E-state index in [9.17, 15) is 12.8 Å². The van der Waals surface area contributed by atoms with Gasteiger partial charge in [0.15, 0.2) is 0 Å². The lowest BCUT2D eigenvalue weighted by Crippen LogP contribution is -2.28. The lowest BCUT2D eigenvalue weighted by Gasteiger charge is -2.15. The van der Waals surface area contributed by atoms with Crippen molar-refractivity contribution in [3.63, 3.8) is 0 Å². The summed E-state index contributed by atoms with van der Waals surface area (Å²) < 4.78 is 45.3. The third-order valence-electron chi connectivity index (χ3n) is 3.32. The van der Waals surface area contributed by atoms with Crippen LogP contribution in [-0.2, 0) is 15.8 Å². The largest absolute Gasteiger partial charge is 0.494 e. The van der Waals surface area contributed by atoms with Gasteiger partial charge in [0.25, 0.3) is 0 Å². The van der Waals surface area contributed by atoms with Crippen LogP contribution in [0.2, 0.25) is 0 Å². The van der Waals surface area contributed by atoms with Crippen LogP contribution in [0.15, 0.2) is 48.5 Å². The van der Waals surface area contributed by atoms with E-state index in [0.717, 1.165) is 11.3 Å². The maximum atomic E-state index is 12.9. The summed E-state index contributed by atoms with van der Waals surface area (Å²) in [6, 6.07) is 12.4. The van der Waals surface area contributed by atoms with E-state index in [1.807, 2.05) is 31.2 Å². The van der Waals surface area contributed by atoms with Crippen LogP contribution < -0.4 is 9.46 Å². The van der Waals surface area contributed by atoms with Gasteiger partial charge < -0.3 is 4.74 Å². The number of benzene rings is 2. The maximum Gasteiger partial charge on any atom is 0.216 e. The summed E-state index contributed by atoms with van der Waals surface area (Å²) in [5, 5.41) is 0. The third kappa shape index (κ3) is 5.33. The molecule has 124 valence electrons. The van der Waals surface area contributed by atoms with Crippen molar-refractivity contribution < 1.29 is 17.5 Å². The summed E-state index contributed by atoms with van der Waals surface area (Å²) >= 11 is 0. The van der Waals surface area contributed by atoms with Gasteiger partial charge in [0.2, 0.25) is 10.0 Å². The Morgan fingerprint density at radius 2 is 1.70 bits per heavy atom. The van der Waals surface area contributed by atoms with Gasteiger partial charge in [0.05, 0.1) is 12.4 Å². The molecule has 0 saturated carbocycles. The lowest BCUT2D eigenvalue weighted by molar-refractivity contribution is 0.340. The molecule has 0 spiro atoms. The molecule has 2 aromatic carbocycles. The molecule has 2 rings (SSSR count). The Balaban J connectivity index is 2.02. The zero-order chi connectivity index (χ0) is 16.9. The van der Waals surface area contributed by atoms with Crippen molar-refractivity contribution >= 4 is 10.0 Å². The molecule has 4 nitrogen and oxygen atoms in total. The molecule has 1 unspecified atom stereocenters. The van der Waals surface area contributed by atoms with Crippen LogP contribution in [0, 0.1) is 5.82 Å². The zero-order valence-electron chi connectivity index (χ0n) is 13.1. The third-order valence-corrected chi connectivity index (χ3v) is 4.74. The van der Waals surface area contributed by atoms with Gasteiger partial charge in [0, 0.05) is 6.04 Å². The van der Waals surface area contributed by atoms with Crippen molar-refractivity contribution in [2.45, 2.75) is 25.6 Å². The quantitative estimate of drug-likeness (QED) is 0.842. The minimum atomic E-state index is -3.52. The number of hydrogen-bond donors (Lipinski definition) is 1. The summed E-state index contributed by atoms with van der Waals surface area (Å²) in [7, 11) is -3.52. The fraction of sp³-hybridized carbons (Fsp3) is 0.294. The first-order chi connectivity index (χ1) is 10.9. The SMILES string of the molecule is CCOc1ccc(C(C)NS(=O)(=O)Cc2ccc(F)cc2)cc1. The summed E-state index contributed by atoms with van der Waals surface area (Å²) in [6.45, 7) is 4.26. The van der Waals surface area contributed by atoms with Crippen LogP contribution in [0.5, 0.6) is 5.75 Å². The molecular formula is C17H20FNO3S. The molecule has 23 heavy (non-hydrogen) atoms. The molecule has 0 aliphatic carbocycles. The normalized spacial score (nSPS) is 12.8. The monoisotopic (exact) mass is 337 g/mol. The summed E-state index contributed by atoms with van der Waals surface area (Å²) in [5.41, 5.74) is 1.38. The Morgan fingerprint density at radius 1 is 1.09 bits per heavy atom. The van der Waals surface area contributed by atoms with E-state index >= 15 is 0 Å². The molecule has 0 fully saturated rings. The average molecular weight is 337 g/mol. The van der Waals surface area contributed by atoms with Gasteiger partial charge >= 0.3 is 0 Å². The van der Waals surface area contributed by atoms with Crippen LogP contribution in [-0.4, -0.2) is 15.0 Å². The molecule has 0 aliphatic rings. The van der Waals surface area contributed by atoms with Crippen LogP contribution >= 0.6 is 0 Å². The molecule has 0 radical (unpaired) electrons. The number of halogens is 1. The topological polar surface area (TPSA) is 55.4 Å². The van der Waals surface area contributed by atoms with Gasteiger partial charge in [-0.25, -0.2) is 17.5 Å². The Bertz CT molecular complexity index is 727. The van der Waals surface area contributed by atoms with E-state index in [1.54, 1.807) is 6.92 Å². The molecular weight excluding hydrogens is 317 g/mol. The highest BCUT2D eigenvalue weighted by atomic mass is 32.2. The van der Waals surface area contributed by atoms with E-state index < -0.39 is 10.0 Å². The Morgan fingerprint density at radius 3 is 2.26 bits per heavy atom. The number of hydrogen-bond acceptors (Lipinski definition) is 3. The van der Waals surface area contributed by atoms with Crippen LogP contribution in [0.4, 0.5) is 4.39 Å². The summed E-state index contributed by atoms with van der Waals surface area (Å²) in [4.78, 5) is 0. The number of rotatable bonds is 7. The smallest absolute Gasteiger partial charge is 0.216 e. The van der Waals surface area contributed by atoms with Crippen molar-refractivity contribution in [1.29, 1.82) is 0 Å². The predicted molar refractivity (Wildman–Crippen MR) is 88.2 cm³/mol. The molecule has 6 heteroatoms. The zero-order valence-corrected chi connectivity index (χ0v) is 13.9. The number of nitrogens with one attached hydrogen (secondary N) is 1. The van der Waals surface area contributed by atoms with Crippen LogP contribution in [0.25, 0.3) is 0 Å². The van der Waals surface area contributed by atoms with Gasteiger partial charge in [-0.05, 0) is 49.2 Å². The van der Waals surface area contributed by atoms with Crippen molar-refractivity contribution in [2.75, 3.05) is 6.61 Å². The molecule has 0 heterocycles. The highest BCUT2D eigenvalue weighted by Gasteiger charge is 2.16. The molecule has 0 saturated heterocycles. The van der Waals surface area contributed by atoms with Gasteiger partial charge in [-0.15, -0.1) is 0 Å². The molecule has 2 aromatic rings. The highest BCUT2D eigenvalue weighted by Crippen LogP contribution is 2.19. The first-order valence-electron chi connectivity index (χ1n) is 7.37. The van der Waals surface area contributed by atoms with Gasteiger partial charge in [-0.3, -0.25) is 0 Å². The van der Waals surface area contributed by atoms with Gasteiger partial charge in [-0.1, -0.05) is 24.3 Å². The summed E-state index contributed by atoms with van der Waals surface area (Å²) in [5.74, 6) is 0.175. The minimum Gasteiger partial charge on any atom is -0.494 e. The van der Waals surface area contributed by atoms with E-state index in [2.05, 4.69) is 4.72 Å². The minimum absolute atomic E-state index is 0.186. The highest BCUT2D eigenvalue weighted by molar-refractivity contribution is 7.88. The molecule has 0 aliphatic heterocycles. The van der Waals surface area contributed by atoms with Crippen molar-refractivity contribution in [1.82, 2.24) is 4.72 Å². The second kappa shape index (κ2) is 7.57. The molecule has 0 amide bonds. The summed E-state index contributed by atoms with van der Waals surface area (Å²) in [6.07, 6.45) is 0. The first-order valence-corrected chi connectivity index (χ1v) is 9.02.